The number of benzene rings is 2. The van der Waals surface area contributed by atoms with Crippen molar-refractivity contribution in [2.24, 2.45) is 5.92 Å². The molecular weight excluding hydrogens is 369 g/mol. The van der Waals surface area contributed by atoms with E-state index in [-0.39, 0.29) is 24.6 Å². The summed E-state index contributed by atoms with van der Waals surface area (Å²) in [5, 5.41) is 2.85. The van der Waals surface area contributed by atoms with Crippen LogP contribution in [-0.2, 0) is 15.8 Å². The van der Waals surface area contributed by atoms with Crippen LogP contribution in [0.25, 0.3) is 0 Å². The summed E-state index contributed by atoms with van der Waals surface area (Å²) in [5.74, 6) is -1.57. The Hall–Kier alpha value is -2.83. The molecule has 0 aromatic heterocycles. The van der Waals surface area contributed by atoms with Crippen LogP contribution in [0.15, 0.2) is 36.4 Å². The van der Waals surface area contributed by atoms with E-state index in [4.69, 9.17) is 0 Å². The molecule has 0 aliphatic carbocycles. The number of rotatable bonds is 3. The highest BCUT2D eigenvalue weighted by Crippen LogP contribution is 2.38. The van der Waals surface area contributed by atoms with Crippen molar-refractivity contribution < 1.29 is 22.8 Å². The molecule has 1 atom stereocenters. The number of hydrogen-bond acceptors (Lipinski definition) is 2. The van der Waals surface area contributed by atoms with Crippen LogP contribution in [-0.4, -0.2) is 18.4 Å². The lowest BCUT2D eigenvalue weighted by Gasteiger charge is -2.21. The van der Waals surface area contributed by atoms with Gasteiger partial charge in [-0.3, -0.25) is 9.59 Å². The van der Waals surface area contributed by atoms with Gasteiger partial charge in [-0.15, -0.1) is 0 Å². The number of anilines is 2. The third-order valence-corrected chi connectivity index (χ3v) is 4.92. The van der Waals surface area contributed by atoms with E-state index in [1.807, 2.05) is 32.9 Å². The Balaban J connectivity index is 1.82. The van der Waals surface area contributed by atoms with E-state index in [0.29, 0.717) is 5.69 Å². The third kappa shape index (κ3) is 3.88. The van der Waals surface area contributed by atoms with Crippen molar-refractivity contribution in [3.8, 4) is 0 Å². The number of carbonyl (C=O) groups excluding carboxylic acids is 2. The zero-order valence-corrected chi connectivity index (χ0v) is 15.9. The molecule has 1 aliphatic rings. The van der Waals surface area contributed by atoms with Gasteiger partial charge in [0, 0.05) is 18.7 Å². The molecule has 3 rings (SSSR count). The second-order valence-electron chi connectivity index (χ2n) is 7.18. The van der Waals surface area contributed by atoms with Crippen LogP contribution >= 0.6 is 0 Å². The van der Waals surface area contributed by atoms with Gasteiger partial charge in [-0.05, 0) is 44.0 Å². The number of carbonyl (C=O) groups is 2. The topological polar surface area (TPSA) is 49.4 Å². The lowest BCUT2D eigenvalue weighted by atomic mass is 10.0. The average molecular weight is 390 g/mol. The first-order valence-corrected chi connectivity index (χ1v) is 8.93. The van der Waals surface area contributed by atoms with Crippen LogP contribution in [0, 0.1) is 26.7 Å². The highest BCUT2D eigenvalue weighted by atomic mass is 19.4. The fraction of sp³-hybridized carbons (Fsp3) is 0.333. The zero-order valence-electron chi connectivity index (χ0n) is 15.9. The van der Waals surface area contributed by atoms with E-state index in [9.17, 15) is 22.8 Å². The van der Waals surface area contributed by atoms with Crippen molar-refractivity contribution in [1.82, 2.24) is 0 Å². The van der Waals surface area contributed by atoms with Crippen molar-refractivity contribution in [3.05, 3.63) is 58.7 Å². The first kappa shape index (κ1) is 19.9. The average Bonchev–Trinajstić information content (AvgIpc) is 2.99. The molecule has 0 spiro atoms. The number of alkyl halides is 3. The van der Waals surface area contributed by atoms with E-state index in [0.717, 1.165) is 27.7 Å². The summed E-state index contributed by atoms with van der Waals surface area (Å²) in [6.45, 7) is 5.63. The highest BCUT2D eigenvalue weighted by molar-refractivity contribution is 6.04. The second-order valence-corrected chi connectivity index (χ2v) is 7.18. The van der Waals surface area contributed by atoms with E-state index >= 15 is 0 Å². The van der Waals surface area contributed by atoms with Gasteiger partial charge in [0.25, 0.3) is 0 Å². The molecule has 1 fully saturated rings. The van der Waals surface area contributed by atoms with Gasteiger partial charge in [-0.2, -0.15) is 13.2 Å². The normalized spacial score (nSPS) is 17.1. The molecule has 2 amide bonds. The minimum Gasteiger partial charge on any atom is -0.325 e. The second kappa shape index (κ2) is 7.30. The Morgan fingerprint density at radius 3 is 2.32 bits per heavy atom. The Labute approximate surface area is 161 Å². The molecule has 1 aliphatic heterocycles. The van der Waals surface area contributed by atoms with Crippen molar-refractivity contribution in [2.75, 3.05) is 16.8 Å². The highest BCUT2D eigenvalue weighted by Gasteiger charge is 2.40. The maximum atomic E-state index is 13.3. The summed E-state index contributed by atoms with van der Waals surface area (Å²) in [5.41, 5.74) is 2.45. The van der Waals surface area contributed by atoms with Crippen LogP contribution in [0.1, 0.15) is 28.7 Å². The van der Waals surface area contributed by atoms with Gasteiger partial charge < -0.3 is 10.2 Å². The van der Waals surface area contributed by atoms with Crippen LogP contribution in [0.5, 0.6) is 0 Å². The molecule has 148 valence electrons. The molecule has 1 unspecified atom stereocenters. The fourth-order valence-corrected chi connectivity index (χ4v) is 3.67. The van der Waals surface area contributed by atoms with E-state index in [2.05, 4.69) is 5.32 Å². The number of para-hydroxylation sites is 1. The van der Waals surface area contributed by atoms with Gasteiger partial charge in [-0.1, -0.05) is 29.8 Å². The first-order valence-electron chi connectivity index (χ1n) is 8.93. The van der Waals surface area contributed by atoms with Crippen LogP contribution in [0.4, 0.5) is 24.5 Å². The summed E-state index contributed by atoms with van der Waals surface area (Å²) < 4.78 is 39.8. The van der Waals surface area contributed by atoms with E-state index in [1.165, 1.54) is 18.2 Å². The molecule has 0 radical (unpaired) electrons. The van der Waals surface area contributed by atoms with Crippen LogP contribution in [0.2, 0.25) is 0 Å². The molecule has 28 heavy (non-hydrogen) atoms. The Morgan fingerprint density at radius 1 is 1.11 bits per heavy atom. The van der Waals surface area contributed by atoms with Crippen molar-refractivity contribution in [1.29, 1.82) is 0 Å². The van der Waals surface area contributed by atoms with E-state index < -0.39 is 23.6 Å². The third-order valence-electron chi connectivity index (χ3n) is 4.92. The molecule has 1 heterocycles. The molecule has 7 heteroatoms. The van der Waals surface area contributed by atoms with Crippen molar-refractivity contribution in [2.45, 2.75) is 33.4 Å². The summed E-state index contributed by atoms with van der Waals surface area (Å²) in [4.78, 5) is 26.1. The number of nitrogens with zero attached hydrogens (tertiary/aromatic N) is 1. The molecule has 2 aromatic rings. The molecular formula is C21H21F3N2O2. The SMILES string of the molecule is Cc1cc(C)c(NC(=O)C2CC(=O)N(c3ccccc3C(F)(F)F)C2)c(C)c1. The predicted octanol–water partition coefficient (Wildman–Crippen LogP) is 4.62. The molecule has 1 N–H and O–H groups in total. The molecule has 4 nitrogen and oxygen atoms in total. The number of hydrogen-bond donors (Lipinski definition) is 1. The lowest BCUT2D eigenvalue weighted by molar-refractivity contribution is -0.137. The molecule has 0 bridgehead atoms. The van der Waals surface area contributed by atoms with Gasteiger partial charge in [0.2, 0.25) is 11.8 Å². The minimum absolute atomic E-state index is 0.0816. The Bertz CT molecular complexity index is 914. The first-order chi connectivity index (χ1) is 13.1. The smallest absolute Gasteiger partial charge is 0.325 e. The Morgan fingerprint density at radius 2 is 1.71 bits per heavy atom. The van der Waals surface area contributed by atoms with Crippen molar-refractivity contribution in [3.63, 3.8) is 0 Å². The van der Waals surface area contributed by atoms with Gasteiger partial charge in [0.05, 0.1) is 17.2 Å². The summed E-state index contributed by atoms with van der Waals surface area (Å²) in [6.07, 6.45) is -4.70. The zero-order chi connectivity index (χ0) is 20.6. The Kier molecular flexibility index (Phi) is 5.19. The number of amides is 2. The minimum atomic E-state index is -4.58. The van der Waals surface area contributed by atoms with Gasteiger partial charge in [-0.25, -0.2) is 0 Å². The number of halogens is 3. The van der Waals surface area contributed by atoms with Crippen molar-refractivity contribution >= 4 is 23.2 Å². The van der Waals surface area contributed by atoms with Gasteiger partial charge >= 0.3 is 6.18 Å². The number of aryl methyl sites for hydroxylation is 3. The van der Waals surface area contributed by atoms with E-state index in [1.54, 1.807) is 0 Å². The van der Waals surface area contributed by atoms with Gasteiger partial charge in [0.1, 0.15) is 0 Å². The summed E-state index contributed by atoms with van der Waals surface area (Å²) in [7, 11) is 0. The predicted molar refractivity (Wildman–Crippen MR) is 101 cm³/mol. The summed E-state index contributed by atoms with van der Waals surface area (Å²) >= 11 is 0. The molecule has 0 saturated carbocycles. The molecule has 2 aromatic carbocycles. The van der Waals surface area contributed by atoms with Crippen LogP contribution < -0.4 is 10.2 Å². The largest absolute Gasteiger partial charge is 0.418 e. The van der Waals surface area contributed by atoms with Crippen LogP contribution in [0.3, 0.4) is 0 Å². The molecule has 1 saturated heterocycles. The maximum absolute atomic E-state index is 13.3. The fourth-order valence-electron chi connectivity index (χ4n) is 3.67. The maximum Gasteiger partial charge on any atom is 0.418 e. The van der Waals surface area contributed by atoms with Gasteiger partial charge in [0.15, 0.2) is 0 Å². The number of nitrogens with one attached hydrogen (secondary N) is 1. The quantitative estimate of drug-likeness (QED) is 0.831. The standard InChI is InChI=1S/C21H21F3N2O2/c1-12-8-13(2)19(14(3)9-12)25-20(28)15-10-18(27)26(11-15)17-7-5-4-6-16(17)21(22,23)24/h4-9,15H,10-11H2,1-3H3,(H,25,28). The lowest BCUT2D eigenvalue weighted by Crippen LogP contribution is -2.30. The monoisotopic (exact) mass is 390 g/mol. The summed E-state index contributed by atoms with van der Waals surface area (Å²) in [6, 6.07) is 8.80.